The van der Waals surface area contributed by atoms with Crippen LogP contribution in [0.2, 0.25) is 0 Å². The van der Waals surface area contributed by atoms with Gasteiger partial charge in [-0.05, 0) is 24.3 Å². The van der Waals surface area contributed by atoms with E-state index >= 15 is 4.39 Å². The van der Waals surface area contributed by atoms with Crippen LogP contribution in [0, 0.1) is 11.7 Å². The second-order valence-corrected chi connectivity index (χ2v) is 8.93. The van der Waals surface area contributed by atoms with E-state index in [2.05, 4.69) is 10.3 Å². The molecule has 0 aliphatic carbocycles. The first-order chi connectivity index (χ1) is 17.4. The first kappa shape index (κ1) is 23.6. The number of amides is 3. The number of hydrogen-bond acceptors (Lipinski definition) is 7. The van der Waals surface area contributed by atoms with Gasteiger partial charge < -0.3 is 14.9 Å². The van der Waals surface area contributed by atoms with E-state index in [9.17, 15) is 19.5 Å². The summed E-state index contributed by atoms with van der Waals surface area (Å²) < 4.78 is 16.4. The zero-order valence-corrected chi connectivity index (χ0v) is 19.7. The summed E-state index contributed by atoms with van der Waals surface area (Å²) in [4.78, 5) is 42.1. The van der Waals surface area contributed by atoms with Gasteiger partial charge >= 0.3 is 0 Å². The fraction of sp³-hybridized carbons (Fsp3) is 0.320. The van der Waals surface area contributed by atoms with Gasteiger partial charge in [0.1, 0.15) is 11.5 Å². The van der Waals surface area contributed by atoms with Gasteiger partial charge in [-0.2, -0.15) is 0 Å². The first-order valence-corrected chi connectivity index (χ1v) is 11.7. The summed E-state index contributed by atoms with van der Waals surface area (Å²) in [6.07, 6.45) is 1.56. The fourth-order valence-corrected chi connectivity index (χ4v) is 4.49. The van der Waals surface area contributed by atoms with Crippen molar-refractivity contribution in [2.45, 2.75) is 13.5 Å². The van der Waals surface area contributed by atoms with Crippen LogP contribution >= 0.6 is 0 Å². The molecule has 2 aliphatic rings. The highest BCUT2D eigenvalue weighted by Gasteiger charge is 2.35. The number of anilines is 1. The predicted molar refractivity (Wildman–Crippen MR) is 127 cm³/mol. The maximum atomic E-state index is 15.0. The van der Waals surface area contributed by atoms with Gasteiger partial charge in [-0.1, -0.05) is 24.3 Å². The normalized spacial score (nSPS) is 16.5. The molecule has 0 saturated carbocycles. The summed E-state index contributed by atoms with van der Waals surface area (Å²) in [6.45, 7) is 3.32. The molecular weight excluding hydrogens is 467 g/mol. The molecule has 0 bridgehead atoms. The lowest BCUT2D eigenvalue weighted by molar-refractivity contribution is -0.136. The number of nitrogens with zero attached hydrogens (tertiary/aromatic N) is 6. The van der Waals surface area contributed by atoms with Crippen molar-refractivity contribution in [1.82, 2.24) is 24.8 Å². The highest BCUT2D eigenvalue weighted by molar-refractivity contribution is 6.21. The summed E-state index contributed by atoms with van der Waals surface area (Å²) in [6, 6.07) is 11.4. The van der Waals surface area contributed by atoms with Crippen molar-refractivity contribution in [2.75, 3.05) is 37.7 Å². The van der Waals surface area contributed by atoms with Gasteiger partial charge in [0.15, 0.2) is 0 Å². The van der Waals surface area contributed by atoms with Gasteiger partial charge in [0.05, 0.1) is 47.8 Å². The van der Waals surface area contributed by atoms with Crippen molar-refractivity contribution < 1.29 is 23.9 Å². The highest BCUT2D eigenvalue weighted by Crippen LogP contribution is 2.26. The number of carbonyl (C=O) groups excluding carboxylic acids is 3. The lowest BCUT2D eigenvalue weighted by atomic mass is 10.1. The molecule has 1 atom stereocenters. The Hall–Kier alpha value is -4.12. The average Bonchev–Trinajstić information content (AvgIpc) is 3.47. The van der Waals surface area contributed by atoms with Crippen LogP contribution in [0.5, 0.6) is 0 Å². The molecule has 0 radical (unpaired) electrons. The summed E-state index contributed by atoms with van der Waals surface area (Å²) in [5.74, 6) is -1.75. The van der Waals surface area contributed by atoms with Crippen LogP contribution < -0.4 is 4.90 Å². The minimum absolute atomic E-state index is 0.0369. The van der Waals surface area contributed by atoms with Gasteiger partial charge in [0.2, 0.25) is 5.91 Å². The van der Waals surface area contributed by atoms with Crippen LogP contribution in [0.3, 0.4) is 0 Å². The lowest BCUT2D eigenvalue weighted by Crippen LogP contribution is -2.50. The third-order valence-electron chi connectivity index (χ3n) is 6.56. The molecule has 3 aromatic rings. The third-order valence-corrected chi connectivity index (χ3v) is 6.56. The number of aromatic nitrogens is 3. The summed E-state index contributed by atoms with van der Waals surface area (Å²) in [5.41, 5.74) is 1.99. The minimum Gasteiger partial charge on any atom is -0.396 e. The Morgan fingerprint density at radius 1 is 1.06 bits per heavy atom. The number of benzene rings is 2. The number of piperazine rings is 1. The molecule has 1 N–H and O–H groups in total. The standard InChI is InChI=1S/C25H25FN6O4/c1-16(15-33)23(34)30-10-8-29(9-11-30)22-7-6-18(12-21(22)26)32-14-17(27-28-32)13-31-24(35)19-4-2-3-5-20(19)25(31)36/h2-7,12,14,16,33H,8-11,13,15H2,1H3. The summed E-state index contributed by atoms with van der Waals surface area (Å²) in [5, 5.41) is 17.3. The maximum Gasteiger partial charge on any atom is 0.261 e. The van der Waals surface area contributed by atoms with Gasteiger partial charge in [-0.25, -0.2) is 9.07 Å². The first-order valence-electron chi connectivity index (χ1n) is 11.7. The smallest absolute Gasteiger partial charge is 0.261 e. The van der Waals surface area contributed by atoms with Crippen molar-refractivity contribution in [3.63, 3.8) is 0 Å². The van der Waals surface area contributed by atoms with Gasteiger partial charge in [-0.15, -0.1) is 5.10 Å². The molecule has 1 fully saturated rings. The number of imide groups is 1. The number of fused-ring (bicyclic) bond motifs is 1. The van der Waals surface area contributed by atoms with Gasteiger partial charge in [-0.3, -0.25) is 19.3 Å². The topological polar surface area (TPSA) is 112 Å². The van der Waals surface area contributed by atoms with Crippen molar-refractivity contribution in [2.24, 2.45) is 5.92 Å². The second kappa shape index (κ2) is 9.50. The monoisotopic (exact) mass is 492 g/mol. The van der Waals surface area contributed by atoms with Crippen LogP contribution in [-0.2, 0) is 11.3 Å². The fourth-order valence-electron chi connectivity index (χ4n) is 4.49. The molecule has 0 spiro atoms. The van der Waals surface area contributed by atoms with E-state index in [0.717, 1.165) is 4.90 Å². The number of aliphatic hydroxyl groups excluding tert-OH is 1. The van der Waals surface area contributed by atoms with E-state index in [1.54, 1.807) is 54.4 Å². The molecule has 5 rings (SSSR count). The number of carbonyl (C=O) groups is 3. The van der Waals surface area contributed by atoms with Crippen LogP contribution in [0.15, 0.2) is 48.7 Å². The maximum absolute atomic E-state index is 15.0. The third kappa shape index (κ3) is 4.22. The molecule has 3 amide bonds. The van der Waals surface area contributed by atoms with E-state index in [1.807, 2.05) is 4.90 Å². The number of aliphatic hydroxyl groups is 1. The Bertz CT molecular complexity index is 1300. The Labute approximate surface area is 206 Å². The van der Waals surface area contributed by atoms with E-state index in [4.69, 9.17) is 0 Å². The van der Waals surface area contributed by atoms with Crippen LogP contribution in [0.4, 0.5) is 10.1 Å². The molecular formula is C25H25FN6O4. The van der Waals surface area contributed by atoms with E-state index in [1.165, 1.54) is 10.7 Å². The largest absolute Gasteiger partial charge is 0.396 e. The van der Waals surface area contributed by atoms with E-state index in [0.29, 0.717) is 54.4 Å². The Kier molecular flexibility index (Phi) is 6.23. The van der Waals surface area contributed by atoms with E-state index < -0.39 is 11.7 Å². The molecule has 2 aromatic carbocycles. The van der Waals surface area contributed by atoms with Crippen molar-refractivity contribution >= 4 is 23.4 Å². The number of halogens is 1. The second-order valence-electron chi connectivity index (χ2n) is 8.93. The molecule has 3 heterocycles. The molecule has 10 nitrogen and oxygen atoms in total. The molecule has 36 heavy (non-hydrogen) atoms. The lowest BCUT2D eigenvalue weighted by Gasteiger charge is -2.37. The quantitative estimate of drug-likeness (QED) is 0.519. The van der Waals surface area contributed by atoms with Crippen LogP contribution in [-0.4, -0.2) is 80.4 Å². The van der Waals surface area contributed by atoms with Crippen LogP contribution in [0.1, 0.15) is 33.3 Å². The van der Waals surface area contributed by atoms with Crippen LogP contribution in [0.25, 0.3) is 5.69 Å². The molecule has 1 aromatic heterocycles. The number of hydrogen-bond donors (Lipinski definition) is 1. The van der Waals surface area contributed by atoms with Crippen molar-refractivity contribution in [1.29, 1.82) is 0 Å². The zero-order valence-electron chi connectivity index (χ0n) is 19.7. The summed E-state index contributed by atoms with van der Waals surface area (Å²) in [7, 11) is 0. The van der Waals surface area contributed by atoms with Gasteiger partial charge in [0.25, 0.3) is 11.8 Å². The van der Waals surface area contributed by atoms with Crippen molar-refractivity contribution in [3.8, 4) is 5.69 Å². The zero-order chi connectivity index (χ0) is 25.4. The van der Waals surface area contributed by atoms with Crippen molar-refractivity contribution in [3.05, 3.63) is 71.3 Å². The summed E-state index contributed by atoms with van der Waals surface area (Å²) >= 11 is 0. The molecule has 11 heteroatoms. The average molecular weight is 493 g/mol. The van der Waals surface area contributed by atoms with E-state index in [-0.39, 0.29) is 30.9 Å². The molecule has 1 saturated heterocycles. The molecule has 1 unspecified atom stereocenters. The Morgan fingerprint density at radius 3 is 2.33 bits per heavy atom. The SMILES string of the molecule is CC(CO)C(=O)N1CCN(c2ccc(-n3cc(CN4C(=O)c5ccccc5C4=O)nn3)cc2F)CC1. The van der Waals surface area contributed by atoms with Gasteiger partial charge in [0, 0.05) is 32.2 Å². The highest BCUT2D eigenvalue weighted by atomic mass is 19.1. The molecule has 2 aliphatic heterocycles. The Morgan fingerprint density at radius 2 is 1.72 bits per heavy atom. The minimum atomic E-state index is -0.447. The predicted octanol–water partition coefficient (Wildman–Crippen LogP) is 1.48. The Balaban J connectivity index is 1.25. The molecule has 186 valence electrons. The number of rotatable bonds is 6.